The summed E-state index contributed by atoms with van der Waals surface area (Å²) in [6.45, 7) is 0.949. The molecule has 0 bridgehead atoms. The summed E-state index contributed by atoms with van der Waals surface area (Å²) in [5, 5.41) is 2.73. The molecule has 1 fully saturated rings. The molecule has 0 aromatic heterocycles. The van der Waals surface area contributed by atoms with Crippen LogP contribution in [0.3, 0.4) is 0 Å². The van der Waals surface area contributed by atoms with Crippen molar-refractivity contribution in [1.29, 1.82) is 0 Å². The summed E-state index contributed by atoms with van der Waals surface area (Å²) in [5.74, 6) is 1.15. The molecule has 162 valence electrons. The van der Waals surface area contributed by atoms with Crippen molar-refractivity contribution in [3.8, 4) is 17.2 Å². The molecule has 2 heterocycles. The van der Waals surface area contributed by atoms with Crippen molar-refractivity contribution in [2.75, 3.05) is 39.2 Å². The van der Waals surface area contributed by atoms with Crippen LogP contribution in [0.1, 0.15) is 33.6 Å². The van der Waals surface area contributed by atoms with Gasteiger partial charge in [0, 0.05) is 36.2 Å². The maximum atomic E-state index is 13.0. The van der Waals surface area contributed by atoms with Crippen molar-refractivity contribution < 1.29 is 28.6 Å². The van der Waals surface area contributed by atoms with Gasteiger partial charge in [0.25, 0.3) is 11.8 Å². The first-order valence-electron chi connectivity index (χ1n) is 10.1. The van der Waals surface area contributed by atoms with E-state index in [-0.39, 0.29) is 30.1 Å². The predicted octanol–water partition coefficient (Wildman–Crippen LogP) is 2.77. The van der Waals surface area contributed by atoms with Gasteiger partial charge in [-0.05, 0) is 43.2 Å². The third-order valence-corrected chi connectivity index (χ3v) is 5.65. The van der Waals surface area contributed by atoms with Gasteiger partial charge in [0.05, 0.1) is 19.9 Å². The standard InChI is InChI=1S/C23H24N2O6/c1-29-17-9-16(10-18(12-17)30-2)23(28)25-7-5-14(6-8-25)22(27)15-3-4-20-19(11-15)24-21(26)13-31-20/h3-4,9-12,14H,5-8,13H2,1-2H3,(H,24,26). The van der Waals surface area contributed by atoms with Gasteiger partial charge in [-0.25, -0.2) is 0 Å². The lowest BCUT2D eigenvalue weighted by Crippen LogP contribution is -2.40. The Hall–Kier alpha value is -3.55. The summed E-state index contributed by atoms with van der Waals surface area (Å²) >= 11 is 0. The number of ketones is 1. The van der Waals surface area contributed by atoms with Crippen LogP contribution in [0.2, 0.25) is 0 Å². The van der Waals surface area contributed by atoms with Crippen molar-refractivity contribution >= 4 is 23.3 Å². The number of hydrogen-bond donors (Lipinski definition) is 1. The van der Waals surface area contributed by atoms with E-state index in [2.05, 4.69) is 5.32 Å². The highest BCUT2D eigenvalue weighted by Crippen LogP contribution is 2.31. The second-order valence-electron chi connectivity index (χ2n) is 7.58. The van der Waals surface area contributed by atoms with Gasteiger partial charge in [0.1, 0.15) is 17.2 Å². The van der Waals surface area contributed by atoms with E-state index in [0.29, 0.717) is 60.0 Å². The number of amides is 2. The van der Waals surface area contributed by atoms with Crippen molar-refractivity contribution in [2.24, 2.45) is 5.92 Å². The van der Waals surface area contributed by atoms with E-state index in [1.165, 1.54) is 0 Å². The average Bonchev–Trinajstić information content (AvgIpc) is 2.82. The molecule has 0 aliphatic carbocycles. The molecular weight excluding hydrogens is 400 g/mol. The summed E-state index contributed by atoms with van der Waals surface area (Å²) in [7, 11) is 3.08. The Morgan fingerprint density at radius 3 is 2.32 bits per heavy atom. The molecule has 1 N–H and O–H groups in total. The van der Waals surface area contributed by atoms with E-state index >= 15 is 0 Å². The summed E-state index contributed by atoms with van der Waals surface area (Å²) in [4.78, 5) is 39.2. The summed E-state index contributed by atoms with van der Waals surface area (Å²) < 4.78 is 15.8. The smallest absolute Gasteiger partial charge is 0.262 e. The van der Waals surface area contributed by atoms with Crippen molar-refractivity contribution in [3.05, 3.63) is 47.5 Å². The van der Waals surface area contributed by atoms with Gasteiger partial charge in [-0.1, -0.05) is 0 Å². The minimum atomic E-state index is -0.238. The number of nitrogens with one attached hydrogen (secondary N) is 1. The Balaban J connectivity index is 1.42. The van der Waals surface area contributed by atoms with Crippen LogP contribution in [0, 0.1) is 5.92 Å². The van der Waals surface area contributed by atoms with E-state index < -0.39 is 0 Å². The van der Waals surface area contributed by atoms with E-state index in [0.717, 1.165) is 0 Å². The Morgan fingerprint density at radius 2 is 1.68 bits per heavy atom. The molecule has 0 radical (unpaired) electrons. The Morgan fingerprint density at radius 1 is 1.00 bits per heavy atom. The van der Waals surface area contributed by atoms with Crippen LogP contribution >= 0.6 is 0 Å². The van der Waals surface area contributed by atoms with Crippen LogP contribution in [0.5, 0.6) is 17.2 Å². The maximum absolute atomic E-state index is 13.0. The Kier molecular flexibility index (Phi) is 5.79. The summed E-state index contributed by atoms with van der Waals surface area (Å²) in [6.07, 6.45) is 1.15. The van der Waals surface area contributed by atoms with E-state index in [1.807, 2.05) is 0 Å². The Labute approximate surface area is 180 Å². The normalized spacial score (nSPS) is 16.1. The molecule has 1 saturated heterocycles. The van der Waals surface area contributed by atoms with Crippen LogP contribution in [0.4, 0.5) is 5.69 Å². The lowest BCUT2D eigenvalue weighted by atomic mass is 9.88. The number of piperidine rings is 1. The van der Waals surface area contributed by atoms with Gasteiger partial charge < -0.3 is 24.4 Å². The van der Waals surface area contributed by atoms with Gasteiger partial charge in [-0.3, -0.25) is 14.4 Å². The fraction of sp³-hybridized carbons (Fsp3) is 0.348. The molecule has 0 unspecified atom stereocenters. The number of anilines is 1. The molecule has 8 nitrogen and oxygen atoms in total. The van der Waals surface area contributed by atoms with Gasteiger partial charge in [-0.2, -0.15) is 0 Å². The van der Waals surface area contributed by atoms with Gasteiger partial charge in [-0.15, -0.1) is 0 Å². The number of nitrogens with zero attached hydrogens (tertiary/aromatic N) is 1. The molecule has 2 aromatic carbocycles. The second-order valence-corrected chi connectivity index (χ2v) is 7.58. The summed E-state index contributed by atoms with van der Waals surface area (Å²) in [6, 6.07) is 10.2. The van der Waals surface area contributed by atoms with Crippen molar-refractivity contribution in [3.63, 3.8) is 0 Å². The quantitative estimate of drug-likeness (QED) is 0.742. The first-order chi connectivity index (χ1) is 15.0. The fourth-order valence-electron chi connectivity index (χ4n) is 3.93. The second kappa shape index (κ2) is 8.67. The Bertz CT molecular complexity index is 1000. The molecule has 2 aromatic rings. The van der Waals surface area contributed by atoms with Gasteiger partial charge in [0.15, 0.2) is 12.4 Å². The number of fused-ring (bicyclic) bond motifs is 1. The SMILES string of the molecule is COc1cc(OC)cc(C(=O)N2CCC(C(=O)c3ccc4c(c3)NC(=O)CO4)CC2)c1. The van der Waals surface area contributed by atoms with Crippen molar-refractivity contribution in [1.82, 2.24) is 4.90 Å². The first-order valence-corrected chi connectivity index (χ1v) is 10.1. The summed E-state index contributed by atoms with van der Waals surface area (Å²) in [5.41, 5.74) is 1.54. The number of ether oxygens (including phenoxy) is 3. The number of carbonyl (C=O) groups is 3. The predicted molar refractivity (Wildman–Crippen MR) is 113 cm³/mol. The van der Waals surface area contributed by atoms with Gasteiger partial charge >= 0.3 is 0 Å². The first kappa shape index (κ1) is 20.7. The zero-order chi connectivity index (χ0) is 22.0. The van der Waals surface area contributed by atoms with Crippen LogP contribution in [-0.4, -0.2) is 56.4 Å². The fourth-order valence-corrected chi connectivity index (χ4v) is 3.93. The highest BCUT2D eigenvalue weighted by atomic mass is 16.5. The van der Waals surface area contributed by atoms with Crippen LogP contribution in [0.25, 0.3) is 0 Å². The van der Waals surface area contributed by atoms with Crippen molar-refractivity contribution in [2.45, 2.75) is 12.8 Å². The number of carbonyl (C=O) groups excluding carboxylic acids is 3. The highest BCUT2D eigenvalue weighted by Gasteiger charge is 2.29. The van der Waals surface area contributed by atoms with Crippen LogP contribution in [0.15, 0.2) is 36.4 Å². The number of hydrogen-bond acceptors (Lipinski definition) is 6. The lowest BCUT2D eigenvalue weighted by Gasteiger charge is -2.31. The number of rotatable bonds is 5. The van der Waals surface area contributed by atoms with Crippen LogP contribution in [-0.2, 0) is 4.79 Å². The molecule has 0 atom stereocenters. The topological polar surface area (TPSA) is 94.2 Å². The molecule has 8 heteroatoms. The molecule has 31 heavy (non-hydrogen) atoms. The minimum absolute atomic E-state index is 0.0118. The monoisotopic (exact) mass is 424 g/mol. The van der Waals surface area contributed by atoms with Crippen LogP contribution < -0.4 is 19.5 Å². The molecular formula is C23H24N2O6. The van der Waals surface area contributed by atoms with Gasteiger partial charge in [0.2, 0.25) is 0 Å². The zero-order valence-corrected chi connectivity index (χ0v) is 17.5. The molecule has 4 rings (SSSR count). The largest absolute Gasteiger partial charge is 0.497 e. The molecule has 2 aliphatic heterocycles. The maximum Gasteiger partial charge on any atom is 0.262 e. The highest BCUT2D eigenvalue weighted by molar-refractivity contribution is 6.02. The number of methoxy groups -OCH3 is 2. The third kappa shape index (κ3) is 4.33. The van der Waals surface area contributed by atoms with E-state index in [9.17, 15) is 14.4 Å². The number of likely N-dealkylation sites (tertiary alicyclic amines) is 1. The zero-order valence-electron chi connectivity index (χ0n) is 17.5. The number of benzene rings is 2. The van der Waals surface area contributed by atoms with E-state index in [1.54, 1.807) is 55.5 Å². The number of Topliss-reactive ketones (excluding diaryl/α,β-unsaturated/α-hetero) is 1. The minimum Gasteiger partial charge on any atom is -0.497 e. The molecule has 2 aliphatic rings. The molecule has 0 spiro atoms. The average molecular weight is 424 g/mol. The molecule has 2 amide bonds. The van der Waals surface area contributed by atoms with E-state index in [4.69, 9.17) is 14.2 Å². The molecule has 0 saturated carbocycles. The lowest BCUT2D eigenvalue weighted by molar-refractivity contribution is -0.118. The third-order valence-electron chi connectivity index (χ3n) is 5.65.